The van der Waals surface area contributed by atoms with Crippen molar-refractivity contribution < 1.29 is 9.53 Å². The normalized spacial score (nSPS) is 10.3. The van der Waals surface area contributed by atoms with E-state index >= 15 is 0 Å². The summed E-state index contributed by atoms with van der Waals surface area (Å²) in [7, 11) is 0. The Kier molecular flexibility index (Phi) is 3.58. The summed E-state index contributed by atoms with van der Waals surface area (Å²) in [6.07, 6.45) is 1.75. The molecule has 0 aliphatic carbocycles. The van der Waals surface area contributed by atoms with E-state index in [1.807, 2.05) is 6.92 Å². The molecular weight excluding hydrogens is 252 g/mol. The highest BCUT2D eigenvalue weighted by Crippen LogP contribution is 2.20. The van der Waals surface area contributed by atoms with Gasteiger partial charge in [0.25, 0.3) is 0 Å². The van der Waals surface area contributed by atoms with Crippen LogP contribution in [0.2, 0.25) is 5.02 Å². The molecule has 2 N–H and O–H groups in total. The van der Waals surface area contributed by atoms with Gasteiger partial charge in [-0.1, -0.05) is 17.7 Å². The third-order valence-corrected chi connectivity index (χ3v) is 2.81. The number of esters is 1. The number of halogens is 1. The smallest absolute Gasteiger partial charge is 0.347 e. The molecule has 2 rings (SSSR count). The lowest BCUT2D eigenvalue weighted by Gasteiger charge is -2.05. The van der Waals surface area contributed by atoms with Gasteiger partial charge in [0.15, 0.2) is 0 Å². The van der Waals surface area contributed by atoms with E-state index < -0.39 is 5.97 Å². The first-order valence-electron chi connectivity index (χ1n) is 5.54. The van der Waals surface area contributed by atoms with Crippen molar-refractivity contribution in [1.82, 2.24) is 4.57 Å². The molecule has 0 saturated heterocycles. The summed E-state index contributed by atoms with van der Waals surface area (Å²) in [5, 5.41) is 0.513. The van der Waals surface area contributed by atoms with E-state index in [-0.39, 0.29) is 0 Å². The van der Waals surface area contributed by atoms with Crippen LogP contribution in [0.25, 0.3) is 0 Å². The molecule has 94 valence electrons. The van der Waals surface area contributed by atoms with Gasteiger partial charge in [-0.2, -0.15) is 0 Å². The number of aromatic nitrogens is 1. The molecule has 0 amide bonds. The van der Waals surface area contributed by atoms with Crippen molar-refractivity contribution in [3.63, 3.8) is 0 Å². The standard InChI is InChI=1S/C13H13ClN2O2/c1-2-16-7-6-11(12(16)15)13(17)18-10-5-3-4-9(14)8-10/h3-8H,2,15H2,1H3. The molecule has 1 heterocycles. The van der Waals surface area contributed by atoms with E-state index in [4.69, 9.17) is 22.1 Å². The number of nitrogens with zero attached hydrogens (tertiary/aromatic N) is 1. The van der Waals surface area contributed by atoms with Crippen LogP contribution in [0, 0.1) is 0 Å². The van der Waals surface area contributed by atoms with Crippen LogP contribution in [-0.4, -0.2) is 10.5 Å². The van der Waals surface area contributed by atoms with Gasteiger partial charge in [-0.05, 0) is 31.2 Å². The van der Waals surface area contributed by atoms with Gasteiger partial charge in [-0.3, -0.25) is 0 Å². The number of hydrogen-bond acceptors (Lipinski definition) is 3. The zero-order valence-electron chi connectivity index (χ0n) is 9.89. The van der Waals surface area contributed by atoms with E-state index in [2.05, 4.69) is 0 Å². The Morgan fingerprint density at radius 1 is 1.44 bits per heavy atom. The van der Waals surface area contributed by atoms with Crippen molar-refractivity contribution in [2.75, 3.05) is 5.73 Å². The maximum atomic E-state index is 11.9. The van der Waals surface area contributed by atoms with Crippen molar-refractivity contribution in [2.24, 2.45) is 0 Å². The molecule has 0 aliphatic rings. The number of benzene rings is 1. The minimum absolute atomic E-state index is 0.358. The van der Waals surface area contributed by atoms with Crippen molar-refractivity contribution in [1.29, 1.82) is 0 Å². The monoisotopic (exact) mass is 264 g/mol. The van der Waals surface area contributed by atoms with Crippen molar-refractivity contribution in [3.05, 3.63) is 47.1 Å². The Labute approximate surface area is 110 Å². The molecule has 4 nitrogen and oxygen atoms in total. The summed E-state index contributed by atoms with van der Waals surface area (Å²) in [6.45, 7) is 2.65. The lowest BCUT2D eigenvalue weighted by atomic mass is 10.3. The number of carbonyl (C=O) groups is 1. The number of nitrogen functional groups attached to an aromatic ring is 1. The molecular formula is C13H13ClN2O2. The number of carbonyl (C=O) groups excluding carboxylic acids is 1. The number of ether oxygens (including phenoxy) is 1. The number of anilines is 1. The number of hydrogen-bond donors (Lipinski definition) is 1. The Morgan fingerprint density at radius 3 is 2.83 bits per heavy atom. The molecule has 5 heteroatoms. The highest BCUT2D eigenvalue weighted by molar-refractivity contribution is 6.30. The van der Waals surface area contributed by atoms with Crippen molar-refractivity contribution >= 4 is 23.4 Å². The zero-order chi connectivity index (χ0) is 13.1. The van der Waals surface area contributed by atoms with Crippen LogP contribution in [0.1, 0.15) is 17.3 Å². The predicted octanol–water partition coefficient (Wildman–Crippen LogP) is 2.96. The second-order valence-electron chi connectivity index (χ2n) is 3.75. The van der Waals surface area contributed by atoms with E-state index in [1.165, 1.54) is 0 Å². The minimum atomic E-state index is -0.484. The maximum Gasteiger partial charge on any atom is 0.347 e. The largest absolute Gasteiger partial charge is 0.423 e. The Bertz CT molecular complexity index is 578. The van der Waals surface area contributed by atoms with Gasteiger partial charge in [-0.25, -0.2) is 4.79 Å². The highest BCUT2D eigenvalue weighted by atomic mass is 35.5. The fraction of sp³-hybridized carbons (Fsp3) is 0.154. The molecule has 0 aliphatic heterocycles. The molecule has 2 aromatic rings. The molecule has 0 spiro atoms. The topological polar surface area (TPSA) is 57.2 Å². The molecule has 0 bridgehead atoms. The van der Waals surface area contributed by atoms with Crippen LogP contribution in [0.3, 0.4) is 0 Å². The van der Waals surface area contributed by atoms with E-state index in [0.717, 1.165) is 0 Å². The van der Waals surface area contributed by atoms with Crippen molar-refractivity contribution in [3.8, 4) is 5.75 Å². The summed E-state index contributed by atoms with van der Waals surface area (Å²) < 4.78 is 6.98. The summed E-state index contributed by atoms with van der Waals surface area (Å²) in [4.78, 5) is 11.9. The fourth-order valence-electron chi connectivity index (χ4n) is 1.63. The summed E-state index contributed by atoms with van der Waals surface area (Å²) >= 11 is 5.81. The zero-order valence-corrected chi connectivity index (χ0v) is 10.6. The average Bonchev–Trinajstić information content (AvgIpc) is 2.70. The molecule has 1 aromatic heterocycles. The van der Waals surface area contributed by atoms with Gasteiger partial charge >= 0.3 is 5.97 Å². The van der Waals surface area contributed by atoms with Gasteiger partial charge in [0, 0.05) is 17.8 Å². The Hall–Kier alpha value is -1.94. The van der Waals surface area contributed by atoms with Crippen molar-refractivity contribution in [2.45, 2.75) is 13.5 Å². The van der Waals surface area contributed by atoms with Gasteiger partial charge in [0.1, 0.15) is 17.1 Å². The Morgan fingerprint density at radius 2 is 2.22 bits per heavy atom. The van der Waals surface area contributed by atoms with E-state index in [0.29, 0.717) is 28.7 Å². The van der Waals surface area contributed by atoms with Gasteiger partial charge in [-0.15, -0.1) is 0 Å². The first kappa shape index (κ1) is 12.5. The van der Waals surface area contributed by atoms with E-state index in [9.17, 15) is 4.79 Å². The summed E-state index contributed by atoms with van der Waals surface area (Å²) in [5.41, 5.74) is 6.19. The van der Waals surface area contributed by atoms with Gasteiger partial charge in [0.05, 0.1) is 0 Å². The highest BCUT2D eigenvalue weighted by Gasteiger charge is 2.15. The molecule has 0 atom stereocenters. The number of nitrogens with two attached hydrogens (primary N) is 1. The lowest BCUT2D eigenvalue weighted by molar-refractivity contribution is 0.0736. The van der Waals surface area contributed by atoms with Crippen LogP contribution in [0.15, 0.2) is 36.5 Å². The van der Waals surface area contributed by atoms with Gasteiger partial charge < -0.3 is 15.0 Å². The first-order valence-corrected chi connectivity index (χ1v) is 5.92. The third-order valence-electron chi connectivity index (χ3n) is 2.57. The van der Waals surface area contributed by atoms with Crippen LogP contribution in [0.5, 0.6) is 5.75 Å². The van der Waals surface area contributed by atoms with Gasteiger partial charge in [0.2, 0.25) is 0 Å². The summed E-state index contributed by atoms with van der Waals surface area (Å²) in [5.74, 6) is 0.322. The minimum Gasteiger partial charge on any atom is -0.423 e. The van der Waals surface area contributed by atoms with Crippen LogP contribution in [0.4, 0.5) is 5.82 Å². The molecule has 0 fully saturated rings. The number of rotatable bonds is 3. The maximum absolute atomic E-state index is 11.9. The molecule has 18 heavy (non-hydrogen) atoms. The quantitative estimate of drug-likeness (QED) is 0.685. The summed E-state index contributed by atoms with van der Waals surface area (Å²) in [6, 6.07) is 8.31. The number of aryl methyl sites for hydroxylation is 1. The van der Waals surface area contributed by atoms with E-state index in [1.54, 1.807) is 41.1 Å². The second kappa shape index (κ2) is 5.14. The van der Waals surface area contributed by atoms with Crippen LogP contribution >= 0.6 is 11.6 Å². The molecule has 1 aromatic carbocycles. The predicted molar refractivity (Wildman–Crippen MR) is 70.9 cm³/mol. The average molecular weight is 265 g/mol. The second-order valence-corrected chi connectivity index (χ2v) is 4.18. The molecule has 0 radical (unpaired) electrons. The first-order chi connectivity index (χ1) is 8.61. The Balaban J connectivity index is 2.19. The van der Waals surface area contributed by atoms with Crippen LogP contribution in [-0.2, 0) is 6.54 Å². The third kappa shape index (κ3) is 2.49. The fourth-order valence-corrected chi connectivity index (χ4v) is 1.81. The lowest BCUT2D eigenvalue weighted by Crippen LogP contribution is -2.11. The molecule has 0 saturated carbocycles. The molecule has 0 unspecified atom stereocenters. The SMILES string of the molecule is CCn1ccc(C(=O)Oc2cccc(Cl)c2)c1N. The van der Waals surface area contributed by atoms with Crippen LogP contribution < -0.4 is 10.5 Å².